The van der Waals surface area contributed by atoms with Gasteiger partial charge in [-0.2, -0.15) is 5.10 Å². The molecule has 2 rings (SSSR count). The Morgan fingerprint density at radius 2 is 2.22 bits per heavy atom. The summed E-state index contributed by atoms with van der Waals surface area (Å²) >= 11 is 1.14. The van der Waals surface area contributed by atoms with Gasteiger partial charge in [-0.1, -0.05) is 24.3 Å². The van der Waals surface area contributed by atoms with Crippen LogP contribution in [0.2, 0.25) is 0 Å². The van der Waals surface area contributed by atoms with Crippen molar-refractivity contribution in [1.29, 1.82) is 0 Å². The van der Waals surface area contributed by atoms with Crippen molar-refractivity contribution in [2.45, 2.75) is 13.3 Å². The van der Waals surface area contributed by atoms with E-state index in [2.05, 4.69) is 15.5 Å². The highest BCUT2D eigenvalue weighted by Crippen LogP contribution is 2.29. The Morgan fingerprint density at radius 3 is 2.87 bits per heavy atom. The van der Waals surface area contributed by atoms with Crippen LogP contribution in [0.4, 0.5) is 5.13 Å². The number of amides is 1. The number of rotatable bonds is 6. The molecule has 1 aromatic heterocycles. The number of aromatic nitrogens is 1. The van der Waals surface area contributed by atoms with Gasteiger partial charge in [0.2, 0.25) is 0 Å². The molecular weight excluding hydrogens is 316 g/mol. The lowest BCUT2D eigenvalue weighted by Crippen LogP contribution is -2.17. The van der Waals surface area contributed by atoms with Crippen molar-refractivity contribution in [3.63, 3.8) is 0 Å². The van der Waals surface area contributed by atoms with E-state index in [1.807, 2.05) is 13.0 Å². The number of nitrogen functional groups attached to an aromatic ring is 1. The summed E-state index contributed by atoms with van der Waals surface area (Å²) < 4.78 is 10.5. The third kappa shape index (κ3) is 3.78. The number of nitrogens with two attached hydrogens (primary N) is 1. The van der Waals surface area contributed by atoms with E-state index in [1.54, 1.807) is 26.4 Å². The minimum Gasteiger partial charge on any atom is -0.493 e. The van der Waals surface area contributed by atoms with Crippen molar-refractivity contribution >= 4 is 28.6 Å². The van der Waals surface area contributed by atoms with Crippen LogP contribution in [0.1, 0.15) is 27.9 Å². The molecule has 0 spiro atoms. The second kappa shape index (κ2) is 7.59. The number of methoxy groups -OCH3 is 2. The zero-order chi connectivity index (χ0) is 16.8. The molecule has 0 unspecified atom stereocenters. The number of ether oxygens (including phenoxy) is 2. The molecule has 0 saturated heterocycles. The van der Waals surface area contributed by atoms with Gasteiger partial charge >= 0.3 is 0 Å². The Morgan fingerprint density at radius 1 is 1.43 bits per heavy atom. The van der Waals surface area contributed by atoms with Crippen molar-refractivity contribution in [2.75, 3.05) is 20.0 Å². The largest absolute Gasteiger partial charge is 0.493 e. The number of hydrogen-bond acceptors (Lipinski definition) is 7. The van der Waals surface area contributed by atoms with E-state index in [0.29, 0.717) is 39.2 Å². The summed E-state index contributed by atoms with van der Waals surface area (Å²) in [7, 11) is 3.10. The fourth-order valence-electron chi connectivity index (χ4n) is 2.01. The first kappa shape index (κ1) is 16.8. The fourth-order valence-corrected chi connectivity index (χ4v) is 2.82. The minimum absolute atomic E-state index is 0.339. The van der Waals surface area contributed by atoms with Gasteiger partial charge in [-0.05, 0) is 18.6 Å². The molecule has 1 amide bonds. The van der Waals surface area contributed by atoms with Gasteiger partial charge in [0.25, 0.3) is 5.91 Å². The van der Waals surface area contributed by atoms with Crippen LogP contribution in [0, 0.1) is 0 Å². The number of hydrazone groups is 1. The molecule has 7 nitrogen and oxygen atoms in total. The minimum atomic E-state index is -0.339. The lowest BCUT2D eigenvalue weighted by Gasteiger charge is -2.09. The lowest BCUT2D eigenvalue weighted by molar-refractivity contribution is 0.0958. The highest BCUT2D eigenvalue weighted by Gasteiger charge is 2.15. The molecule has 0 aliphatic carbocycles. The molecule has 3 N–H and O–H groups in total. The first-order valence-electron chi connectivity index (χ1n) is 6.90. The molecule has 0 fully saturated rings. The van der Waals surface area contributed by atoms with E-state index >= 15 is 0 Å². The lowest BCUT2D eigenvalue weighted by atomic mass is 10.2. The van der Waals surface area contributed by atoms with Crippen molar-refractivity contribution < 1.29 is 14.3 Å². The number of para-hydroxylation sites is 1. The zero-order valence-corrected chi connectivity index (χ0v) is 13.9. The summed E-state index contributed by atoms with van der Waals surface area (Å²) in [4.78, 5) is 16.7. The number of nitrogens with one attached hydrogen (secondary N) is 1. The van der Waals surface area contributed by atoms with E-state index in [-0.39, 0.29) is 5.91 Å². The third-order valence-electron chi connectivity index (χ3n) is 3.06. The molecule has 122 valence electrons. The summed E-state index contributed by atoms with van der Waals surface area (Å²) in [5.41, 5.74) is 9.47. The summed E-state index contributed by atoms with van der Waals surface area (Å²) in [6, 6.07) is 5.39. The molecular formula is C15H18N4O3S. The molecule has 2 aromatic rings. The Balaban J connectivity index is 2.14. The topological polar surface area (TPSA) is 98.8 Å². The molecule has 1 heterocycles. The average molecular weight is 334 g/mol. The van der Waals surface area contributed by atoms with Gasteiger partial charge in [-0.25, -0.2) is 10.4 Å². The maximum Gasteiger partial charge on any atom is 0.283 e. The van der Waals surface area contributed by atoms with Crippen LogP contribution in [0.3, 0.4) is 0 Å². The number of anilines is 1. The number of nitrogens with zero attached hydrogens (tertiary/aromatic N) is 2. The zero-order valence-electron chi connectivity index (χ0n) is 13.1. The Bertz CT molecular complexity index is 728. The number of carbonyl (C=O) groups is 1. The molecule has 23 heavy (non-hydrogen) atoms. The highest BCUT2D eigenvalue weighted by atomic mass is 32.1. The normalized spacial score (nSPS) is 10.7. The monoisotopic (exact) mass is 334 g/mol. The standard InChI is InChI=1S/C15H18N4O3S/c1-4-10-13(23-15(16)18-10)14(20)19-17-8-9-6-5-7-11(21-2)12(9)22-3/h5-8H,4H2,1-3H3,(H2,16,18)(H,19,20)/b17-8-. The summed E-state index contributed by atoms with van der Waals surface area (Å²) in [6.45, 7) is 1.91. The summed E-state index contributed by atoms with van der Waals surface area (Å²) in [5, 5.41) is 4.33. The van der Waals surface area contributed by atoms with Gasteiger partial charge < -0.3 is 15.2 Å². The van der Waals surface area contributed by atoms with E-state index in [4.69, 9.17) is 15.2 Å². The van der Waals surface area contributed by atoms with Gasteiger partial charge in [0.1, 0.15) is 4.88 Å². The first-order valence-corrected chi connectivity index (χ1v) is 7.71. The highest BCUT2D eigenvalue weighted by molar-refractivity contribution is 7.17. The van der Waals surface area contributed by atoms with E-state index < -0.39 is 0 Å². The summed E-state index contributed by atoms with van der Waals surface area (Å²) in [6.07, 6.45) is 2.12. The predicted octanol–water partition coefficient (Wildman–Crippen LogP) is 2.07. The van der Waals surface area contributed by atoms with Crippen molar-refractivity contribution in [2.24, 2.45) is 5.10 Å². The molecule has 0 aliphatic heterocycles. The maximum absolute atomic E-state index is 12.1. The SMILES string of the molecule is CCc1nc(N)sc1C(=O)N/N=C\c1cccc(OC)c1OC. The molecule has 1 aromatic carbocycles. The van der Waals surface area contributed by atoms with Crippen LogP contribution in [-0.2, 0) is 6.42 Å². The van der Waals surface area contributed by atoms with Crippen molar-refractivity contribution in [3.05, 3.63) is 34.3 Å². The molecule has 0 bridgehead atoms. The van der Waals surface area contributed by atoms with Crippen LogP contribution < -0.4 is 20.6 Å². The second-order valence-corrected chi connectivity index (χ2v) is 5.49. The van der Waals surface area contributed by atoms with Crippen LogP contribution in [0.15, 0.2) is 23.3 Å². The Labute approximate surface area is 138 Å². The van der Waals surface area contributed by atoms with Gasteiger partial charge in [-0.3, -0.25) is 4.79 Å². The molecule has 0 aliphatic rings. The summed E-state index contributed by atoms with van der Waals surface area (Å²) in [5.74, 6) is 0.796. The quantitative estimate of drug-likeness (QED) is 0.622. The molecule has 0 radical (unpaired) electrons. The van der Waals surface area contributed by atoms with Gasteiger partial charge in [-0.15, -0.1) is 0 Å². The number of aryl methyl sites for hydroxylation is 1. The second-order valence-electron chi connectivity index (χ2n) is 4.46. The predicted molar refractivity (Wildman–Crippen MR) is 90.5 cm³/mol. The van der Waals surface area contributed by atoms with Gasteiger partial charge in [0.15, 0.2) is 16.6 Å². The van der Waals surface area contributed by atoms with Gasteiger partial charge in [0, 0.05) is 5.56 Å². The average Bonchev–Trinajstić information content (AvgIpc) is 2.95. The van der Waals surface area contributed by atoms with E-state index in [1.165, 1.54) is 6.21 Å². The van der Waals surface area contributed by atoms with Crippen LogP contribution in [0.5, 0.6) is 11.5 Å². The number of thiazole rings is 1. The number of carbonyl (C=O) groups excluding carboxylic acids is 1. The van der Waals surface area contributed by atoms with E-state index in [9.17, 15) is 4.79 Å². The molecule has 0 saturated carbocycles. The van der Waals surface area contributed by atoms with Crippen LogP contribution in [0.25, 0.3) is 0 Å². The van der Waals surface area contributed by atoms with Crippen LogP contribution >= 0.6 is 11.3 Å². The smallest absolute Gasteiger partial charge is 0.283 e. The third-order valence-corrected chi connectivity index (χ3v) is 3.98. The Kier molecular flexibility index (Phi) is 5.53. The van der Waals surface area contributed by atoms with Crippen molar-refractivity contribution in [3.8, 4) is 11.5 Å². The first-order chi connectivity index (χ1) is 11.1. The Hall–Kier alpha value is -2.61. The fraction of sp³-hybridized carbons (Fsp3) is 0.267. The number of hydrogen-bond donors (Lipinski definition) is 2. The number of benzene rings is 1. The molecule has 0 atom stereocenters. The van der Waals surface area contributed by atoms with Crippen molar-refractivity contribution in [1.82, 2.24) is 10.4 Å². The molecule has 8 heteroatoms. The van der Waals surface area contributed by atoms with Gasteiger partial charge in [0.05, 0.1) is 26.1 Å². The van der Waals surface area contributed by atoms with E-state index in [0.717, 1.165) is 11.3 Å². The van der Waals surface area contributed by atoms with Crippen LogP contribution in [-0.4, -0.2) is 31.3 Å². The maximum atomic E-state index is 12.1.